The molecule has 0 atom stereocenters. The van der Waals surface area contributed by atoms with Crippen LogP contribution in [-0.2, 0) is 18.1 Å². The molecule has 0 heterocycles. The molecular formula is C13H20N2O2. The summed E-state index contributed by atoms with van der Waals surface area (Å²) in [6.45, 7) is 4.61. The summed E-state index contributed by atoms with van der Waals surface area (Å²) in [6, 6.07) is 7.53. The number of hydrogen-bond acceptors (Lipinski definition) is 3. The fourth-order valence-electron chi connectivity index (χ4n) is 1.39. The molecule has 4 nitrogen and oxygen atoms in total. The lowest BCUT2D eigenvalue weighted by atomic mass is 10.1. The van der Waals surface area contributed by atoms with Crippen molar-refractivity contribution in [3.8, 4) is 0 Å². The van der Waals surface area contributed by atoms with Crippen LogP contribution in [0.2, 0.25) is 0 Å². The van der Waals surface area contributed by atoms with Gasteiger partial charge in [-0.25, -0.2) is 0 Å². The van der Waals surface area contributed by atoms with E-state index in [0.717, 1.165) is 17.5 Å². The van der Waals surface area contributed by atoms with Gasteiger partial charge in [-0.15, -0.1) is 0 Å². The second kappa shape index (κ2) is 6.91. The van der Waals surface area contributed by atoms with Crippen LogP contribution in [0.1, 0.15) is 31.4 Å². The van der Waals surface area contributed by atoms with Gasteiger partial charge >= 0.3 is 0 Å². The van der Waals surface area contributed by atoms with Gasteiger partial charge < -0.3 is 15.7 Å². The van der Waals surface area contributed by atoms with Crippen LogP contribution in [0.15, 0.2) is 29.4 Å². The first-order chi connectivity index (χ1) is 8.11. The first-order valence-corrected chi connectivity index (χ1v) is 5.74. The van der Waals surface area contributed by atoms with Gasteiger partial charge in [0.1, 0.15) is 12.4 Å². The van der Waals surface area contributed by atoms with Crippen LogP contribution in [-0.4, -0.2) is 10.9 Å². The smallest absolute Gasteiger partial charge is 0.142 e. The van der Waals surface area contributed by atoms with E-state index in [1.807, 2.05) is 24.3 Å². The predicted octanol–water partition coefficient (Wildman–Crippen LogP) is 2.01. The van der Waals surface area contributed by atoms with E-state index in [1.54, 1.807) is 0 Å². The summed E-state index contributed by atoms with van der Waals surface area (Å²) >= 11 is 0. The van der Waals surface area contributed by atoms with Gasteiger partial charge in [-0.1, -0.05) is 43.3 Å². The first-order valence-electron chi connectivity index (χ1n) is 5.74. The Morgan fingerprint density at radius 1 is 1.29 bits per heavy atom. The minimum absolute atomic E-state index is 0.0562. The lowest BCUT2D eigenvalue weighted by molar-refractivity contribution is 0.129. The van der Waals surface area contributed by atoms with Gasteiger partial charge in [0.25, 0.3) is 0 Å². The maximum absolute atomic E-state index is 8.89. The van der Waals surface area contributed by atoms with Gasteiger partial charge in [0.15, 0.2) is 0 Å². The van der Waals surface area contributed by atoms with Crippen LogP contribution >= 0.6 is 0 Å². The number of benzene rings is 1. The lowest BCUT2D eigenvalue weighted by Crippen LogP contribution is -2.14. The molecule has 0 fully saturated rings. The average molecular weight is 236 g/mol. The summed E-state index contributed by atoms with van der Waals surface area (Å²) in [5.41, 5.74) is 7.57. The fraction of sp³-hybridized carbons (Fsp3) is 0.462. The summed E-state index contributed by atoms with van der Waals surface area (Å²) in [5.74, 6) is 0.998. The van der Waals surface area contributed by atoms with Crippen molar-refractivity contribution in [1.82, 2.24) is 0 Å². The van der Waals surface area contributed by atoms with Crippen molar-refractivity contribution in [2.24, 2.45) is 16.8 Å². The van der Waals surface area contributed by atoms with E-state index in [1.165, 1.54) is 0 Å². The van der Waals surface area contributed by atoms with E-state index >= 15 is 0 Å². The molecule has 0 saturated carbocycles. The highest BCUT2D eigenvalue weighted by Crippen LogP contribution is 2.06. The largest absolute Gasteiger partial charge is 0.392 e. The van der Waals surface area contributed by atoms with E-state index in [9.17, 15) is 0 Å². The highest BCUT2D eigenvalue weighted by Gasteiger charge is 1.99. The van der Waals surface area contributed by atoms with E-state index in [0.29, 0.717) is 18.4 Å². The summed E-state index contributed by atoms with van der Waals surface area (Å²) in [4.78, 5) is 5.16. The standard InChI is InChI=1S/C13H20N2O2/c1-10(2)7-13(14)15-17-9-12-5-3-11(8-16)4-6-12/h3-6,10,16H,7-9H2,1-2H3,(H2,14,15). The zero-order valence-corrected chi connectivity index (χ0v) is 10.4. The minimum atomic E-state index is 0.0562. The molecule has 17 heavy (non-hydrogen) atoms. The first kappa shape index (κ1) is 13.5. The third-order valence-corrected chi connectivity index (χ3v) is 2.24. The van der Waals surface area contributed by atoms with Crippen LogP contribution in [0.3, 0.4) is 0 Å². The molecule has 1 aromatic rings. The third-order valence-electron chi connectivity index (χ3n) is 2.24. The molecule has 0 aliphatic rings. The number of oxime groups is 1. The van der Waals surface area contributed by atoms with Crippen LogP contribution in [0.25, 0.3) is 0 Å². The normalized spacial score (nSPS) is 11.9. The molecule has 3 N–H and O–H groups in total. The van der Waals surface area contributed by atoms with Crippen molar-refractivity contribution >= 4 is 5.84 Å². The van der Waals surface area contributed by atoms with Crippen LogP contribution in [0, 0.1) is 5.92 Å². The molecule has 0 radical (unpaired) electrons. The zero-order valence-electron chi connectivity index (χ0n) is 10.4. The van der Waals surface area contributed by atoms with E-state index < -0.39 is 0 Å². The number of amidine groups is 1. The Morgan fingerprint density at radius 3 is 2.41 bits per heavy atom. The summed E-state index contributed by atoms with van der Waals surface area (Å²) in [5, 5.41) is 12.7. The molecule has 1 aromatic carbocycles. The second-order valence-electron chi connectivity index (χ2n) is 4.43. The fourth-order valence-corrected chi connectivity index (χ4v) is 1.39. The SMILES string of the molecule is CC(C)C/C(N)=N/OCc1ccc(CO)cc1. The molecule has 0 aromatic heterocycles. The Bertz CT molecular complexity index is 358. The van der Waals surface area contributed by atoms with Crippen molar-refractivity contribution in [3.63, 3.8) is 0 Å². The predicted molar refractivity (Wildman–Crippen MR) is 68.2 cm³/mol. The molecule has 0 unspecified atom stereocenters. The summed E-state index contributed by atoms with van der Waals surface area (Å²) in [6.07, 6.45) is 0.740. The molecule has 1 rings (SSSR count). The van der Waals surface area contributed by atoms with E-state index in [4.69, 9.17) is 15.7 Å². The lowest BCUT2D eigenvalue weighted by Gasteiger charge is -2.05. The van der Waals surface area contributed by atoms with Gasteiger partial charge in [-0.05, 0) is 17.0 Å². The van der Waals surface area contributed by atoms with Crippen molar-refractivity contribution in [3.05, 3.63) is 35.4 Å². The van der Waals surface area contributed by atoms with Crippen molar-refractivity contribution in [2.45, 2.75) is 33.5 Å². The number of hydrogen-bond donors (Lipinski definition) is 2. The topological polar surface area (TPSA) is 67.8 Å². The number of aliphatic hydroxyl groups is 1. The maximum Gasteiger partial charge on any atom is 0.142 e. The van der Waals surface area contributed by atoms with Gasteiger partial charge in [-0.3, -0.25) is 0 Å². The molecule has 0 saturated heterocycles. The summed E-state index contributed by atoms with van der Waals surface area (Å²) < 4.78 is 0. The molecule has 0 aliphatic carbocycles. The molecule has 4 heteroatoms. The Morgan fingerprint density at radius 2 is 1.88 bits per heavy atom. The third kappa shape index (κ3) is 5.36. The number of rotatable bonds is 6. The molecule has 0 amide bonds. The Hall–Kier alpha value is -1.55. The highest BCUT2D eigenvalue weighted by atomic mass is 16.6. The van der Waals surface area contributed by atoms with E-state index in [-0.39, 0.29) is 6.61 Å². The quantitative estimate of drug-likeness (QED) is 0.451. The number of nitrogens with two attached hydrogens (primary N) is 1. The van der Waals surface area contributed by atoms with Gasteiger partial charge in [0, 0.05) is 6.42 Å². The number of nitrogens with zero attached hydrogens (tertiary/aromatic N) is 1. The van der Waals surface area contributed by atoms with Crippen molar-refractivity contribution in [1.29, 1.82) is 0 Å². The maximum atomic E-state index is 8.89. The van der Waals surface area contributed by atoms with Gasteiger partial charge in [-0.2, -0.15) is 0 Å². The van der Waals surface area contributed by atoms with Crippen LogP contribution < -0.4 is 5.73 Å². The molecule has 0 spiro atoms. The molecule has 0 bridgehead atoms. The minimum Gasteiger partial charge on any atom is -0.392 e. The van der Waals surface area contributed by atoms with Gasteiger partial charge in [0.05, 0.1) is 6.61 Å². The van der Waals surface area contributed by atoms with Crippen molar-refractivity contribution < 1.29 is 9.94 Å². The van der Waals surface area contributed by atoms with E-state index in [2.05, 4.69) is 19.0 Å². The summed E-state index contributed by atoms with van der Waals surface area (Å²) in [7, 11) is 0. The molecular weight excluding hydrogens is 216 g/mol. The monoisotopic (exact) mass is 236 g/mol. The Kier molecular flexibility index (Phi) is 5.49. The van der Waals surface area contributed by atoms with Gasteiger partial charge in [0.2, 0.25) is 0 Å². The second-order valence-corrected chi connectivity index (χ2v) is 4.43. The average Bonchev–Trinajstić information content (AvgIpc) is 2.29. The van der Waals surface area contributed by atoms with Crippen LogP contribution in [0.4, 0.5) is 0 Å². The molecule has 0 aliphatic heterocycles. The Labute approximate surface area is 102 Å². The van der Waals surface area contributed by atoms with Crippen molar-refractivity contribution in [2.75, 3.05) is 0 Å². The van der Waals surface area contributed by atoms with Crippen LogP contribution in [0.5, 0.6) is 0 Å². The molecule has 94 valence electrons. The number of aliphatic hydroxyl groups excluding tert-OH is 1. The Balaban J connectivity index is 2.39. The zero-order chi connectivity index (χ0) is 12.7. The highest BCUT2D eigenvalue weighted by molar-refractivity contribution is 5.79.